The first-order valence-corrected chi connectivity index (χ1v) is 26.4. The van der Waals surface area contributed by atoms with Crippen LogP contribution in [-0.4, -0.2) is 61.5 Å². The zero-order chi connectivity index (χ0) is 59.5. The summed E-state index contributed by atoms with van der Waals surface area (Å²) in [6.07, 6.45) is -1.12. The first kappa shape index (κ1) is 54.5. The topological polar surface area (TPSA) is 274 Å². The molecule has 1 unspecified atom stereocenters. The van der Waals surface area contributed by atoms with Gasteiger partial charge < -0.3 is 55.9 Å². The summed E-state index contributed by atoms with van der Waals surface area (Å²) in [7, 11) is 1.43. The summed E-state index contributed by atoms with van der Waals surface area (Å²) in [5.74, 6) is -5.66. The summed E-state index contributed by atoms with van der Waals surface area (Å²) in [6, 6.07) is 30.4. The Labute approximate surface area is 476 Å². The highest BCUT2D eigenvalue weighted by atomic mass is 16.6. The first-order chi connectivity index (χ1) is 40.9. The molecule has 20 heteroatoms. The van der Waals surface area contributed by atoms with Crippen molar-refractivity contribution >= 4 is 112 Å². The van der Waals surface area contributed by atoms with E-state index in [4.69, 9.17) is 50.8 Å². The Balaban J connectivity index is 0.986. The lowest BCUT2D eigenvalue weighted by molar-refractivity contribution is 0.0395. The maximum atomic E-state index is 15.2. The molecule has 0 saturated heterocycles. The molecule has 12 aromatic rings. The van der Waals surface area contributed by atoms with Gasteiger partial charge in [0, 0.05) is 0 Å². The molecule has 4 heterocycles. The van der Waals surface area contributed by atoms with Crippen molar-refractivity contribution in [2.75, 3.05) is 20.3 Å². The van der Waals surface area contributed by atoms with E-state index in [9.17, 15) is 38.7 Å². The standard InChI is InChI=1S/C65H44O20/c1-6-76-35-10-18-50-44(26-35)58(69)55-53(81-50)22-14-39(65(74)85-63(72)33-8-16-47-41(24-33)56(67)42-25-34(75-5)9-17-48(42)79-47)61(55)84-64(73)38-13-21-52-54(59(70)45-28-37(78-30(2)3)12-20-51(45)82-52)60(38)83-62(71)32-7-15-46-40(23-32)57(68)43-27-36(77-29-31(4)66)11-19-49(43)80-46/h7-28,30-31,66H,6,29H2,1-5H3. The molecule has 424 valence electrons. The van der Waals surface area contributed by atoms with Crippen LogP contribution >= 0.6 is 0 Å². The average Bonchev–Trinajstić information content (AvgIpc) is 2.79. The second-order valence-electron chi connectivity index (χ2n) is 19.8. The van der Waals surface area contributed by atoms with E-state index in [2.05, 4.69) is 0 Å². The molecule has 0 aliphatic carbocycles. The van der Waals surface area contributed by atoms with E-state index in [1.807, 2.05) is 0 Å². The van der Waals surface area contributed by atoms with Gasteiger partial charge in [-0.3, -0.25) is 19.2 Å². The average molecular weight is 1150 g/mol. The summed E-state index contributed by atoms with van der Waals surface area (Å²) < 4.78 is 64.2. The molecule has 0 aliphatic heterocycles. The molecule has 0 fully saturated rings. The Morgan fingerprint density at radius 3 is 1.32 bits per heavy atom. The molecule has 85 heavy (non-hydrogen) atoms. The van der Waals surface area contributed by atoms with Gasteiger partial charge in [-0.15, -0.1) is 0 Å². The number of benzene rings is 8. The number of carbonyl (C=O) groups is 4. The number of aliphatic hydroxyl groups excluding tert-OH is 1. The molecule has 4 aromatic heterocycles. The minimum Gasteiger partial charge on any atom is -0.497 e. The molecule has 1 N–H and O–H groups in total. The highest BCUT2D eigenvalue weighted by Gasteiger charge is 2.31. The molecule has 0 aliphatic rings. The van der Waals surface area contributed by atoms with Gasteiger partial charge in [-0.05, 0) is 161 Å². The molecular formula is C65H44O20. The fraction of sp³-hybridized carbons (Fsp3) is 0.138. The van der Waals surface area contributed by atoms with Gasteiger partial charge in [-0.25, -0.2) is 19.2 Å². The van der Waals surface area contributed by atoms with Crippen LogP contribution in [-0.2, 0) is 4.74 Å². The van der Waals surface area contributed by atoms with Gasteiger partial charge >= 0.3 is 23.9 Å². The van der Waals surface area contributed by atoms with Crippen molar-refractivity contribution in [3.05, 3.63) is 197 Å². The van der Waals surface area contributed by atoms with Gasteiger partial charge in [0.2, 0.25) is 21.7 Å². The second kappa shape index (κ2) is 21.7. The van der Waals surface area contributed by atoms with Crippen LogP contribution in [0.5, 0.6) is 34.5 Å². The highest BCUT2D eigenvalue weighted by Crippen LogP contribution is 2.37. The second-order valence-corrected chi connectivity index (χ2v) is 19.8. The molecule has 12 rings (SSSR count). The van der Waals surface area contributed by atoms with E-state index in [1.165, 1.54) is 105 Å². The van der Waals surface area contributed by atoms with Crippen LogP contribution in [0.1, 0.15) is 69.1 Å². The smallest absolute Gasteiger partial charge is 0.349 e. The minimum atomic E-state index is -1.44. The van der Waals surface area contributed by atoms with Gasteiger partial charge in [0.1, 0.15) is 96.2 Å². The number of fused-ring (bicyclic) bond motifs is 8. The van der Waals surface area contributed by atoms with E-state index in [-0.39, 0.29) is 125 Å². The third kappa shape index (κ3) is 10.0. The van der Waals surface area contributed by atoms with Gasteiger partial charge in [0.15, 0.2) is 11.5 Å². The normalized spacial score (nSPS) is 11.9. The van der Waals surface area contributed by atoms with Gasteiger partial charge in [0.05, 0.1) is 69.4 Å². The van der Waals surface area contributed by atoms with Gasteiger partial charge in [0.25, 0.3) is 0 Å². The fourth-order valence-electron chi connectivity index (χ4n) is 9.78. The Bertz CT molecular complexity index is 5100. The summed E-state index contributed by atoms with van der Waals surface area (Å²) >= 11 is 0. The summed E-state index contributed by atoms with van der Waals surface area (Å²) in [6.45, 7) is 6.99. The van der Waals surface area contributed by atoms with Crippen LogP contribution in [0.25, 0.3) is 87.8 Å². The Kier molecular flexibility index (Phi) is 13.9. The minimum absolute atomic E-state index is 0.0355. The van der Waals surface area contributed by atoms with Crippen molar-refractivity contribution in [3.8, 4) is 34.5 Å². The maximum Gasteiger partial charge on any atom is 0.349 e. The SMILES string of the molecule is CCOc1ccc2oc3ccc(C(=O)OC(=O)c4ccc5oc6ccc(OC)cc6c(=O)c5c4)c(OC(=O)c4ccc5oc6ccc(OC(C)C)cc6c(=O)c5c4OC(=O)c4ccc5oc6ccc(OCC(C)O)cc6c(=O)c5c4)c3c(=O)c2c1. The van der Waals surface area contributed by atoms with Crippen molar-refractivity contribution in [1.82, 2.24) is 0 Å². The van der Waals surface area contributed by atoms with Crippen molar-refractivity contribution in [2.24, 2.45) is 0 Å². The number of esters is 4. The van der Waals surface area contributed by atoms with Crippen molar-refractivity contribution in [2.45, 2.75) is 39.9 Å². The molecule has 1 atom stereocenters. The zero-order valence-corrected chi connectivity index (χ0v) is 45.5. The Morgan fingerprint density at radius 2 is 0.824 bits per heavy atom. The van der Waals surface area contributed by atoms with Gasteiger partial charge in [-0.1, -0.05) is 0 Å². The van der Waals surface area contributed by atoms with Gasteiger partial charge in [-0.2, -0.15) is 0 Å². The molecule has 0 saturated carbocycles. The number of methoxy groups -OCH3 is 1. The van der Waals surface area contributed by atoms with Crippen molar-refractivity contribution < 1.29 is 75.1 Å². The maximum absolute atomic E-state index is 15.2. The van der Waals surface area contributed by atoms with E-state index >= 15 is 4.79 Å². The van der Waals surface area contributed by atoms with Crippen molar-refractivity contribution in [3.63, 3.8) is 0 Å². The molecule has 20 nitrogen and oxygen atoms in total. The lowest BCUT2D eigenvalue weighted by Crippen LogP contribution is -2.20. The predicted octanol–water partition coefficient (Wildman–Crippen LogP) is 11.1. The molecule has 8 aromatic carbocycles. The van der Waals surface area contributed by atoms with Crippen LogP contribution in [0.15, 0.2) is 170 Å². The number of aliphatic hydroxyl groups is 1. The van der Waals surface area contributed by atoms with E-state index in [0.717, 1.165) is 12.1 Å². The van der Waals surface area contributed by atoms with Crippen molar-refractivity contribution in [1.29, 1.82) is 0 Å². The quantitative estimate of drug-likeness (QED) is 0.0458. The van der Waals surface area contributed by atoms with E-state index < -0.39 is 85.1 Å². The number of carbonyl (C=O) groups excluding carboxylic acids is 4. The molecular weight excluding hydrogens is 1100 g/mol. The number of rotatable bonds is 14. The van der Waals surface area contributed by atoms with Crippen LogP contribution < -0.4 is 50.1 Å². The third-order valence-corrected chi connectivity index (χ3v) is 13.7. The molecule has 0 bridgehead atoms. The largest absolute Gasteiger partial charge is 0.497 e. The lowest BCUT2D eigenvalue weighted by atomic mass is 10.1. The molecule has 0 radical (unpaired) electrons. The zero-order valence-electron chi connectivity index (χ0n) is 45.5. The third-order valence-electron chi connectivity index (χ3n) is 13.7. The Hall–Kier alpha value is -11.1. The predicted molar refractivity (Wildman–Crippen MR) is 310 cm³/mol. The summed E-state index contributed by atoms with van der Waals surface area (Å²) in [5, 5.41) is 8.84. The van der Waals surface area contributed by atoms with Crippen LogP contribution in [0.2, 0.25) is 0 Å². The first-order valence-electron chi connectivity index (χ1n) is 26.4. The van der Waals surface area contributed by atoms with Crippen LogP contribution in [0.3, 0.4) is 0 Å². The fourth-order valence-corrected chi connectivity index (χ4v) is 9.78. The van der Waals surface area contributed by atoms with E-state index in [1.54, 1.807) is 51.1 Å². The van der Waals surface area contributed by atoms with Crippen LogP contribution in [0, 0.1) is 0 Å². The monoisotopic (exact) mass is 1140 g/mol. The van der Waals surface area contributed by atoms with Crippen LogP contribution in [0.4, 0.5) is 0 Å². The lowest BCUT2D eigenvalue weighted by Gasteiger charge is -2.16. The molecule has 0 amide bonds. The number of hydrogen-bond acceptors (Lipinski definition) is 20. The number of ether oxygens (including phenoxy) is 7. The summed E-state index contributed by atoms with van der Waals surface area (Å²) in [5.41, 5.74) is -4.08. The summed E-state index contributed by atoms with van der Waals surface area (Å²) in [4.78, 5) is 116. The van der Waals surface area contributed by atoms with E-state index in [0.29, 0.717) is 5.75 Å². The molecule has 0 spiro atoms. The highest BCUT2D eigenvalue weighted by molar-refractivity contribution is 6.11. The number of hydrogen-bond donors (Lipinski definition) is 1. The Morgan fingerprint density at radius 1 is 0.435 bits per heavy atom.